The van der Waals surface area contributed by atoms with Gasteiger partial charge in [0.05, 0.1) is 32.2 Å². The summed E-state index contributed by atoms with van der Waals surface area (Å²) in [6.07, 6.45) is 1.09. The quantitative estimate of drug-likeness (QED) is 0.653. The summed E-state index contributed by atoms with van der Waals surface area (Å²) >= 11 is 0. The number of hydrogen-bond donors (Lipinski definition) is 1. The number of nitrogens with zero attached hydrogens (tertiary/aromatic N) is 1. The highest BCUT2D eigenvalue weighted by atomic mass is 32.2. The molecule has 2 rings (SSSR count). The third kappa shape index (κ3) is 5.89. The second-order valence-corrected chi connectivity index (χ2v) is 9.33. The van der Waals surface area contributed by atoms with Gasteiger partial charge in [-0.3, -0.25) is 9.10 Å². The Balaban J connectivity index is 2.16. The van der Waals surface area contributed by atoms with Gasteiger partial charge in [-0.25, -0.2) is 8.42 Å². The van der Waals surface area contributed by atoms with Crippen molar-refractivity contribution >= 4 is 21.6 Å². The van der Waals surface area contributed by atoms with E-state index in [9.17, 15) is 13.2 Å². The number of carbonyl (C=O) groups is 1. The van der Waals surface area contributed by atoms with Crippen LogP contribution in [0.5, 0.6) is 11.5 Å². The van der Waals surface area contributed by atoms with E-state index in [-0.39, 0.29) is 12.6 Å². The second-order valence-electron chi connectivity index (χ2n) is 7.42. The maximum atomic E-state index is 12.6. The van der Waals surface area contributed by atoms with Crippen molar-refractivity contribution in [3.8, 4) is 11.5 Å². The van der Waals surface area contributed by atoms with Crippen LogP contribution in [0.3, 0.4) is 0 Å². The summed E-state index contributed by atoms with van der Waals surface area (Å²) in [5.74, 6) is 1.07. The van der Waals surface area contributed by atoms with Gasteiger partial charge in [-0.2, -0.15) is 0 Å². The van der Waals surface area contributed by atoms with Crippen molar-refractivity contribution in [2.24, 2.45) is 0 Å². The molecule has 0 heterocycles. The molecule has 1 N–H and O–H groups in total. The van der Waals surface area contributed by atoms with Crippen molar-refractivity contribution in [1.82, 2.24) is 5.32 Å². The Hall–Kier alpha value is -2.74. The zero-order chi connectivity index (χ0) is 22.5. The molecule has 0 radical (unpaired) electrons. The van der Waals surface area contributed by atoms with Crippen molar-refractivity contribution in [3.05, 3.63) is 53.6 Å². The Labute approximate surface area is 179 Å². The van der Waals surface area contributed by atoms with E-state index in [1.54, 1.807) is 38.5 Å². The molecule has 164 valence electrons. The number of sulfonamides is 1. The maximum Gasteiger partial charge on any atom is 0.241 e. The third-order valence-corrected chi connectivity index (χ3v) is 5.96. The van der Waals surface area contributed by atoms with E-state index in [2.05, 4.69) is 19.2 Å². The molecular weight excluding hydrogens is 404 g/mol. The van der Waals surface area contributed by atoms with E-state index in [4.69, 9.17) is 9.47 Å². The highest BCUT2D eigenvalue weighted by Gasteiger charge is 2.22. The maximum absolute atomic E-state index is 12.6. The van der Waals surface area contributed by atoms with Crippen LogP contribution >= 0.6 is 0 Å². The van der Waals surface area contributed by atoms with Crippen molar-refractivity contribution in [2.45, 2.75) is 32.7 Å². The first-order chi connectivity index (χ1) is 14.1. The van der Waals surface area contributed by atoms with E-state index in [0.29, 0.717) is 23.1 Å². The first-order valence-corrected chi connectivity index (χ1v) is 11.5. The molecule has 0 aliphatic heterocycles. The Morgan fingerprint density at radius 1 is 0.967 bits per heavy atom. The average Bonchev–Trinajstić information content (AvgIpc) is 2.70. The Kier molecular flexibility index (Phi) is 7.72. The van der Waals surface area contributed by atoms with Gasteiger partial charge in [-0.1, -0.05) is 32.0 Å². The summed E-state index contributed by atoms with van der Waals surface area (Å²) in [6, 6.07) is 12.2. The molecule has 0 saturated carbocycles. The molecule has 0 aliphatic rings. The fourth-order valence-corrected chi connectivity index (χ4v) is 3.90. The summed E-state index contributed by atoms with van der Waals surface area (Å²) < 4.78 is 36.3. The summed E-state index contributed by atoms with van der Waals surface area (Å²) in [5.41, 5.74) is 2.36. The summed E-state index contributed by atoms with van der Waals surface area (Å²) in [7, 11) is -0.537. The number of nitrogens with one attached hydrogen (secondary N) is 1. The van der Waals surface area contributed by atoms with Gasteiger partial charge in [-0.05, 0) is 48.2 Å². The van der Waals surface area contributed by atoms with Gasteiger partial charge >= 0.3 is 0 Å². The minimum Gasteiger partial charge on any atom is -0.493 e. The number of amides is 1. The molecule has 0 bridgehead atoms. The van der Waals surface area contributed by atoms with Gasteiger partial charge in [0.2, 0.25) is 15.9 Å². The van der Waals surface area contributed by atoms with Crippen LogP contribution in [-0.2, 0) is 14.8 Å². The number of hydrogen-bond acceptors (Lipinski definition) is 5. The summed E-state index contributed by atoms with van der Waals surface area (Å²) in [4.78, 5) is 12.6. The smallest absolute Gasteiger partial charge is 0.241 e. The Morgan fingerprint density at radius 3 is 2.03 bits per heavy atom. The molecule has 30 heavy (non-hydrogen) atoms. The molecule has 0 unspecified atom stereocenters. The molecule has 2 aromatic rings. The zero-order valence-electron chi connectivity index (χ0n) is 18.3. The molecule has 7 nitrogen and oxygen atoms in total. The molecule has 0 fully saturated rings. The molecule has 0 spiro atoms. The van der Waals surface area contributed by atoms with E-state index in [0.717, 1.165) is 21.7 Å². The van der Waals surface area contributed by atoms with Crippen LogP contribution in [0.2, 0.25) is 0 Å². The topological polar surface area (TPSA) is 84.9 Å². The van der Waals surface area contributed by atoms with Crippen LogP contribution < -0.4 is 19.1 Å². The van der Waals surface area contributed by atoms with Crippen LogP contribution in [0.15, 0.2) is 42.5 Å². The van der Waals surface area contributed by atoms with E-state index in [1.165, 1.54) is 0 Å². The normalized spacial score (nSPS) is 12.4. The van der Waals surface area contributed by atoms with Crippen molar-refractivity contribution in [3.63, 3.8) is 0 Å². The van der Waals surface area contributed by atoms with E-state index in [1.807, 2.05) is 25.1 Å². The van der Waals surface area contributed by atoms with Crippen molar-refractivity contribution in [1.29, 1.82) is 0 Å². The molecule has 0 aromatic heterocycles. The first-order valence-electron chi connectivity index (χ1n) is 9.65. The molecular formula is C22H30N2O5S. The predicted octanol–water partition coefficient (Wildman–Crippen LogP) is 3.47. The molecule has 1 atom stereocenters. The number of methoxy groups -OCH3 is 2. The fraction of sp³-hybridized carbons (Fsp3) is 0.409. The van der Waals surface area contributed by atoms with Crippen LogP contribution in [0.25, 0.3) is 0 Å². The molecule has 2 aromatic carbocycles. The molecule has 0 aliphatic carbocycles. The lowest BCUT2D eigenvalue weighted by molar-refractivity contribution is -0.120. The lowest BCUT2D eigenvalue weighted by Crippen LogP contribution is -2.41. The SMILES string of the molecule is COc1ccc([C@@H](C)NC(=O)CN(c2ccc(C(C)C)cc2)S(C)(=O)=O)cc1OC. The third-order valence-electron chi connectivity index (χ3n) is 4.82. The Bertz CT molecular complexity index is 972. The summed E-state index contributed by atoms with van der Waals surface area (Å²) in [5, 5.41) is 2.85. The first kappa shape index (κ1) is 23.5. The predicted molar refractivity (Wildman–Crippen MR) is 119 cm³/mol. The van der Waals surface area contributed by atoms with Gasteiger partial charge in [0.25, 0.3) is 0 Å². The van der Waals surface area contributed by atoms with Crippen molar-refractivity contribution < 1.29 is 22.7 Å². The van der Waals surface area contributed by atoms with E-state index >= 15 is 0 Å². The van der Waals surface area contributed by atoms with Crippen LogP contribution in [-0.4, -0.2) is 41.3 Å². The number of rotatable bonds is 9. The van der Waals surface area contributed by atoms with Gasteiger partial charge in [0, 0.05) is 0 Å². The van der Waals surface area contributed by atoms with E-state index < -0.39 is 15.9 Å². The summed E-state index contributed by atoms with van der Waals surface area (Å²) in [6.45, 7) is 5.64. The lowest BCUT2D eigenvalue weighted by atomic mass is 10.0. The highest BCUT2D eigenvalue weighted by molar-refractivity contribution is 7.92. The molecule has 8 heteroatoms. The molecule has 1 amide bonds. The average molecular weight is 435 g/mol. The number of anilines is 1. The number of benzene rings is 2. The van der Waals surface area contributed by atoms with Crippen LogP contribution in [0.4, 0.5) is 5.69 Å². The standard InChI is InChI=1S/C22H30N2O5S/c1-15(2)17-7-10-19(11-8-17)24(30(6,26)27)14-22(25)23-16(3)18-9-12-20(28-4)21(13-18)29-5/h7-13,15-16H,14H2,1-6H3,(H,23,25)/t16-/m1/s1. The largest absolute Gasteiger partial charge is 0.493 e. The molecule has 0 saturated heterocycles. The van der Waals surface area contributed by atoms with Crippen molar-refractivity contribution in [2.75, 3.05) is 31.3 Å². The Morgan fingerprint density at radius 2 is 1.53 bits per heavy atom. The van der Waals surface area contributed by atoms with Gasteiger partial charge in [0.15, 0.2) is 11.5 Å². The zero-order valence-corrected chi connectivity index (χ0v) is 19.1. The lowest BCUT2D eigenvalue weighted by Gasteiger charge is -2.24. The minimum absolute atomic E-state index is 0.308. The number of carbonyl (C=O) groups excluding carboxylic acids is 1. The van der Waals surface area contributed by atoms with Gasteiger partial charge in [0.1, 0.15) is 6.54 Å². The fourth-order valence-electron chi connectivity index (χ4n) is 3.05. The highest BCUT2D eigenvalue weighted by Crippen LogP contribution is 2.30. The van der Waals surface area contributed by atoms with Gasteiger partial charge in [-0.15, -0.1) is 0 Å². The minimum atomic E-state index is -3.63. The van der Waals surface area contributed by atoms with Crippen LogP contribution in [0.1, 0.15) is 43.9 Å². The second kappa shape index (κ2) is 9.84. The monoisotopic (exact) mass is 434 g/mol. The van der Waals surface area contributed by atoms with Crippen LogP contribution in [0, 0.1) is 0 Å². The van der Waals surface area contributed by atoms with Gasteiger partial charge < -0.3 is 14.8 Å². The number of ether oxygens (including phenoxy) is 2.